The molecule has 3 aromatic carbocycles. The lowest BCUT2D eigenvalue weighted by Gasteiger charge is -2.27. The van der Waals surface area contributed by atoms with E-state index in [1.165, 1.54) is 23.3 Å². The zero-order valence-corrected chi connectivity index (χ0v) is 17.7. The highest BCUT2D eigenvalue weighted by atomic mass is 35.5. The molecule has 0 aliphatic heterocycles. The summed E-state index contributed by atoms with van der Waals surface area (Å²) in [5, 5.41) is 23.6. The molecule has 0 bridgehead atoms. The van der Waals surface area contributed by atoms with Gasteiger partial charge in [-0.05, 0) is 84.5 Å². The average molecular weight is 438 g/mol. The number of hydrogen-bond donors (Lipinski definition) is 3. The summed E-state index contributed by atoms with van der Waals surface area (Å²) in [7, 11) is 0. The number of aryl methyl sites for hydroxylation is 1. The monoisotopic (exact) mass is 437 g/mol. The second kappa shape index (κ2) is 9.52. The number of carboxylic acids is 1. The Morgan fingerprint density at radius 1 is 1.03 bits per heavy atom. The van der Waals surface area contributed by atoms with Gasteiger partial charge in [0.25, 0.3) is 0 Å². The first-order valence-corrected chi connectivity index (χ1v) is 10.7. The largest absolute Gasteiger partial charge is 0.478 e. The average Bonchev–Trinajstić information content (AvgIpc) is 2.78. The fourth-order valence-electron chi connectivity index (χ4n) is 3.85. The molecule has 0 amide bonds. The molecule has 2 atom stereocenters. The topological polar surface area (TPSA) is 78.8 Å². The lowest BCUT2D eigenvalue weighted by atomic mass is 9.88. The van der Waals surface area contributed by atoms with E-state index in [1.807, 2.05) is 24.3 Å². The van der Waals surface area contributed by atoms with Crippen molar-refractivity contribution in [2.75, 3.05) is 6.54 Å². The Bertz CT molecular complexity index is 1050. The molecule has 0 aromatic heterocycles. The Morgan fingerprint density at radius 3 is 2.45 bits per heavy atom. The zero-order valence-electron chi connectivity index (χ0n) is 16.9. The molecule has 160 valence electrons. The van der Waals surface area contributed by atoms with Crippen molar-refractivity contribution in [2.24, 2.45) is 0 Å². The molecule has 0 heterocycles. The van der Waals surface area contributed by atoms with Gasteiger partial charge in [0.05, 0.1) is 11.7 Å². The van der Waals surface area contributed by atoms with Crippen LogP contribution in [0.15, 0.2) is 66.7 Å². The fraction of sp³-hybridized carbons (Fsp3) is 0.240. The number of fused-ring (bicyclic) bond motifs is 1. The summed E-state index contributed by atoms with van der Waals surface area (Å²) < 4.78 is 5.92. The number of hydrogen-bond acceptors (Lipinski definition) is 4. The van der Waals surface area contributed by atoms with Crippen LogP contribution < -0.4 is 10.1 Å². The number of carboxylic acid groups (broad SMARTS) is 1. The summed E-state index contributed by atoms with van der Waals surface area (Å²) >= 11 is 5.92. The van der Waals surface area contributed by atoms with E-state index in [-0.39, 0.29) is 11.6 Å². The molecule has 3 N–H and O–H groups in total. The molecule has 0 saturated carbocycles. The Kier molecular flexibility index (Phi) is 6.56. The molecule has 1 aliphatic rings. The Morgan fingerprint density at radius 2 is 1.74 bits per heavy atom. The SMILES string of the molecule is O=C(O)c1ccc(Oc2ccc3c(c2)C[C@@H](NC[C@@H](O)c2ccc(Cl)cc2)CC3)cc1. The first-order chi connectivity index (χ1) is 15.0. The third-order valence-electron chi connectivity index (χ3n) is 5.60. The van der Waals surface area contributed by atoms with Crippen LogP contribution in [-0.2, 0) is 12.8 Å². The predicted octanol–water partition coefficient (Wildman–Crippen LogP) is 5.01. The minimum atomic E-state index is -0.958. The van der Waals surface area contributed by atoms with E-state index < -0.39 is 12.1 Å². The van der Waals surface area contributed by atoms with Gasteiger partial charge in [0.15, 0.2) is 0 Å². The molecule has 0 unspecified atom stereocenters. The van der Waals surface area contributed by atoms with Gasteiger partial charge in [-0.25, -0.2) is 4.79 Å². The number of ether oxygens (including phenoxy) is 1. The van der Waals surface area contributed by atoms with Gasteiger partial charge in [-0.15, -0.1) is 0 Å². The summed E-state index contributed by atoms with van der Waals surface area (Å²) in [4.78, 5) is 11.0. The number of nitrogens with one attached hydrogen (secondary N) is 1. The van der Waals surface area contributed by atoms with E-state index >= 15 is 0 Å². The highest BCUT2D eigenvalue weighted by Crippen LogP contribution is 2.29. The first kappa shape index (κ1) is 21.4. The van der Waals surface area contributed by atoms with Gasteiger partial charge >= 0.3 is 5.97 Å². The standard InChI is InChI=1S/C25H24ClNO4/c26-20-7-1-17(2-8-20)24(28)15-27-21-9-3-16-4-12-23(14-19(16)13-21)31-22-10-5-18(6-11-22)25(29)30/h1-2,4-8,10-12,14,21,24,27-28H,3,9,13,15H2,(H,29,30)/t21-,24+/m0/s1. The second-order valence-electron chi connectivity index (χ2n) is 7.78. The molecule has 0 fully saturated rings. The van der Waals surface area contributed by atoms with Crippen molar-refractivity contribution in [1.29, 1.82) is 0 Å². The minimum Gasteiger partial charge on any atom is -0.478 e. The Labute approximate surface area is 186 Å². The molecular formula is C25H24ClNO4. The van der Waals surface area contributed by atoms with Crippen LogP contribution in [0, 0.1) is 0 Å². The molecular weight excluding hydrogens is 414 g/mol. The lowest BCUT2D eigenvalue weighted by molar-refractivity contribution is 0.0697. The van der Waals surface area contributed by atoms with E-state index in [9.17, 15) is 9.90 Å². The predicted molar refractivity (Wildman–Crippen MR) is 120 cm³/mol. The maximum atomic E-state index is 11.0. The minimum absolute atomic E-state index is 0.229. The van der Waals surface area contributed by atoms with Gasteiger partial charge in [0, 0.05) is 17.6 Å². The highest BCUT2D eigenvalue weighted by Gasteiger charge is 2.20. The van der Waals surface area contributed by atoms with Crippen molar-refractivity contribution in [3.8, 4) is 11.5 Å². The van der Waals surface area contributed by atoms with Crippen LogP contribution in [0.4, 0.5) is 0 Å². The van der Waals surface area contributed by atoms with Crippen molar-refractivity contribution in [3.05, 3.63) is 94.0 Å². The van der Waals surface area contributed by atoms with Crippen LogP contribution in [0.1, 0.15) is 39.6 Å². The highest BCUT2D eigenvalue weighted by molar-refractivity contribution is 6.30. The van der Waals surface area contributed by atoms with E-state index in [1.54, 1.807) is 24.3 Å². The van der Waals surface area contributed by atoms with Crippen LogP contribution in [-0.4, -0.2) is 28.8 Å². The summed E-state index contributed by atoms with van der Waals surface area (Å²) in [5.41, 5.74) is 3.61. The third kappa shape index (κ3) is 5.44. The molecule has 0 spiro atoms. The molecule has 0 saturated heterocycles. The summed E-state index contributed by atoms with van der Waals surface area (Å²) in [6.07, 6.45) is 2.26. The summed E-state index contributed by atoms with van der Waals surface area (Å²) in [6.45, 7) is 0.480. The first-order valence-electron chi connectivity index (χ1n) is 10.3. The van der Waals surface area contributed by atoms with Crippen LogP contribution in [0.2, 0.25) is 5.02 Å². The Hall–Kier alpha value is -2.86. The number of halogens is 1. The summed E-state index contributed by atoms with van der Waals surface area (Å²) in [5.74, 6) is 0.366. The number of aromatic carboxylic acids is 1. The normalized spacial score (nSPS) is 16.4. The van der Waals surface area contributed by atoms with Crippen LogP contribution >= 0.6 is 11.6 Å². The van der Waals surface area contributed by atoms with Crippen LogP contribution in [0.3, 0.4) is 0 Å². The molecule has 5 nitrogen and oxygen atoms in total. The Balaban J connectivity index is 1.36. The molecule has 6 heteroatoms. The van der Waals surface area contributed by atoms with E-state index in [0.717, 1.165) is 30.6 Å². The van der Waals surface area contributed by atoms with Gasteiger partial charge in [0.1, 0.15) is 11.5 Å². The quantitative estimate of drug-likeness (QED) is 0.484. The van der Waals surface area contributed by atoms with E-state index in [0.29, 0.717) is 17.3 Å². The molecule has 0 radical (unpaired) electrons. The van der Waals surface area contributed by atoms with Crippen molar-refractivity contribution in [2.45, 2.75) is 31.4 Å². The van der Waals surface area contributed by atoms with Crippen LogP contribution in [0.25, 0.3) is 0 Å². The van der Waals surface area contributed by atoms with Crippen molar-refractivity contribution in [1.82, 2.24) is 5.32 Å². The van der Waals surface area contributed by atoms with E-state index in [4.69, 9.17) is 21.4 Å². The number of aliphatic hydroxyl groups excluding tert-OH is 1. The second-order valence-corrected chi connectivity index (χ2v) is 8.21. The summed E-state index contributed by atoms with van der Waals surface area (Å²) in [6, 6.07) is 20.0. The molecule has 4 rings (SSSR count). The van der Waals surface area contributed by atoms with Crippen molar-refractivity contribution in [3.63, 3.8) is 0 Å². The fourth-order valence-corrected chi connectivity index (χ4v) is 3.98. The number of benzene rings is 3. The van der Waals surface area contributed by atoms with Gasteiger partial charge in [-0.3, -0.25) is 0 Å². The molecule has 3 aromatic rings. The zero-order chi connectivity index (χ0) is 21.8. The maximum Gasteiger partial charge on any atom is 0.335 e. The van der Waals surface area contributed by atoms with Gasteiger partial charge in [-0.2, -0.15) is 0 Å². The molecule has 31 heavy (non-hydrogen) atoms. The maximum absolute atomic E-state index is 11.0. The van der Waals surface area contributed by atoms with Crippen molar-refractivity contribution < 1.29 is 19.7 Å². The van der Waals surface area contributed by atoms with Crippen LogP contribution in [0.5, 0.6) is 11.5 Å². The smallest absolute Gasteiger partial charge is 0.335 e. The van der Waals surface area contributed by atoms with Crippen molar-refractivity contribution >= 4 is 17.6 Å². The number of aliphatic hydroxyl groups is 1. The molecule has 1 aliphatic carbocycles. The van der Waals surface area contributed by atoms with Gasteiger partial charge < -0.3 is 20.3 Å². The van der Waals surface area contributed by atoms with E-state index in [2.05, 4.69) is 11.4 Å². The third-order valence-corrected chi connectivity index (χ3v) is 5.85. The number of carbonyl (C=O) groups is 1. The van der Waals surface area contributed by atoms with Gasteiger partial charge in [0.2, 0.25) is 0 Å². The number of rotatable bonds is 7. The van der Waals surface area contributed by atoms with Gasteiger partial charge in [-0.1, -0.05) is 29.8 Å². The lowest BCUT2D eigenvalue weighted by Crippen LogP contribution is -2.37.